The monoisotopic (exact) mass is 515 g/mol. The summed E-state index contributed by atoms with van der Waals surface area (Å²) >= 11 is 1.71. The predicted molar refractivity (Wildman–Crippen MR) is 148 cm³/mol. The van der Waals surface area contributed by atoms with Crippen molar-refractivity contribution in [3.8, 4) is 0 Å². The third-order valence-corrected chi connectivity index (χ3v) is 9.26. The van der Waals surface area contributed by atoms with E-state index in [-0.39, 0.29) is 18.0 Å². The zero-order chi connectivity index (χ0) is 25.4. The number of unbranched alkanes of at least 4 members (excludes halogenated alkanes) is 1. The summed E-state index contributed by atoms with van der Waals surface area (Å²) in [5.74, 6) is 0.693. The van der Waals surface area contributed by atoms with E-state index >= 15 is 0 Å². The number of benzene rings is 1. The molecule has 2 aliphatic rings. The molecule has 200 valence electrons. The van der Waals surface area contributed by atoms with Crippen LogP contribution in [0.15, 0.2) is 29.6 Å². The van der Waals surface area contributed by atoms with Crippen LogP contribution in [-0.4, -0.2) is 55.4 Å². The maximum Gasteiger partial charge on any atom is 0.317 e. The van der Waals surface area contributed by atoms with Crippen LogP contribution >= 0.6 is 11.3 Å². The summed E-state index contributed by atoms with van der Waals surface area (Å²) < 4.78 is 6.45. The predicted octanol–water partition coefficient (Wildman–Crippen LogP) is 5.62. The van der Waals surface area contributed by atoms with Gasteiger partial charge in [0, 0.05) is 50.0 Å². The Morgan fingerprint density at radius 1 is 1.22 bits per heavy atom. The van der Waals surface area contributed by atoms with Gasteiger partial charge in [0.25, 0.3) is 0 Å². The number of aliphatic hydroxyl groups is 1. The lowest BCUT2D eigenvalue weighted by Crippen LogP contribution is -2.52. The van der Waals surface area contributed by atoms with Crippen LogP contribution in [0.25, 0.3) is 10.1 Å². The fraction of sp³-hybridized carbons (Fsp3) is 0.690. The number of piperidine rings is 1. The molecule has 1 saturated heterocycles. The number of nitrogens with zero attached hydrogens (tertiary/aromatic N) is 1. The zero-order valence-corrected chi connectivity index (χ0v) is 22.7. The van der Waals surface area contributed by atoms with E-state index in [1.54, 1.807) is 18.4 Å². The number of urea groups is 1. The molecule has 1 aromatic carbocycles. The summed E-state index contributed by atoms with van der Waals surface area (Å²) in [5, 5.41) is 18.6. The molecule has 1 aromatic heterocycles. The molecule has 0 unspecified atom stereocenters. The van der Waals surface area contributed by atoms with Crippen LogP contribution in [0.4, 0.5) is 4.79 Å². The number of nitrogens with two attached hydrogens (primary N) is 1. The first-order valence-corrected chi connectivity index (χ1v) is 14.9. The number of amides is 2. The normalized spacial score (nSPS) is 21.9. The molecule has 0 bridgehead atoms. The van der Waals surface area contributed by atoms with Crippen LogP contribution in [0.1, 0.15) is 76.2 Å². The van der Waals surface area contributed by atoms with Gasteiger partial charge in [-0.25, -0.2) is 4.79 Å². The second kappa shape index (κ2) is 13.2. The van der Waals surface area contributed by atoms with Gasteiger partial charge in [-0.1, -0.05) is 44.2 Å². The van der Waals surface area contributed by atoms with Crippen molar-refractivity contribution >= 4 is 27.5 Å². The second-order valence-electron chi connectivity index (χ2n) is 11.0. The lowest BCUT2D eigenvalue weighted by atomic mass is 9.73. The van der Waals surface area contributed by atoms with E-state index in [2.05, 4.69) is 35.0 Å². The fourth-order valence-electron chi connectivity index (χ4n) is 6.39. The van der Waals surface area contributed by atoms with Crippen molar-refractivity contribution in [2.45, 2.75) is 82.3 Å². The Morgan fingerprint density at radius 2 is 2.06 bits per heavy atom. The van der Waals surface area contributed by atoms with Crippen LogP contribution in [-0.2, 0) is 10.3 Å². The highest BCUT2D eigenvalue weighted by molar-refractivity contribution is 7.17. The summed E-state index contributed by atoms with van der Waals surface area (Å²) in [6.07, 6.45) is 11.8. The average molecular weight is 516 g/mol. The maximum absolute atomic E-state index is 13.1. The average Bonchev–Trinajstić information content (AvgIpc) is 3.39. The van der Waals surface area contributed by atoms with E-state index in [9.17, 15) is 9.90 Å². The highest BCUT2D eigenvalue weighted by Crippen LogP contribution is 2.43. The van der Waals surface area contributed by atoms with Crippen molar-refractivity contribution in [2.75, 3.05) is 33.4 Å². The van der Waals surface area contributed by atoms with E-state index in [1.165, 1.54) is 36.8 Å². The molecule has 2 amide bonds. The molecule has 0 spiro atoms. The minimum atomic E-state index is -0.981. The van der Waals surface area contributed by atoms with E-state index in [0.717, 1.165) is 49.6 Å². The van der Waals surface area contributed by atoms with Crippen molar-refractivity contribution in [1.29, 1.82) is 0 Å². The first-order chi connectivity index (χ1) is 17.5. The maximum atomic E-state index is 13.1. The van der Waals surface area contributed by atoms with Gasteiger partial charge in [0.05, 0.1) is 5.60 Å². The molecule has 6 nitrogen and oxygen atoms in total. The molecule has 1 aliphatic heterocycles. The number of hydrogen-bond acceptors (Lipinski definition) is 5. The van der Waals surface area contributed by atoms with Gasteiger partial charge in [-0.2, -0.15) is 0 Å². The summed E-state index contributed by atoms with van der Waals surface area (Å²) in [6, 6.07) is 8.33. The first kappa shape index (κ1) is 27.4. The van der Waals surface area contributed by atoms with Crippen molar-refractivity contribution in [3.63, 3.8) is 0 Å². The third kappa shape index (κ3) is 6.80. The number of hydrogen-bond donors (Lipinski definition) is 3. The summed E-state index contributed by atoms with van der Waals surface area (Å²) in [4.78, 5) is 15.0. The number of fused-ring (bicyclic) bond motifs is 1. The first-order valence-electron chi connectivity index (χ1n) is 14.0. The molecule has 3 atom stereocenters. The molecule has 2 fully saturated rings. The Bertz CT molecular complexity index is 960. The van der Waals surface area contributed by atoms with Crippen LogP contribution < -0.4 is 11.1 Å². The van der Waals surface area contributed by atoms with Crippen molar-refractivity contribution < 1.29 is 14.6 Å². The molecule has 7 heteroatoms. The number of ether oxygens (including phenoxy) is 1. The molecule has 2 heterocycles. The van der Waals surface area contributed by atoms with Crippen molar-refractivity contribution in [2.24, 2.45) is 17.6 Å². The fourth-order valence-corrected chi connectivity index (χ4v) is 7.20. The second-order valence-corrected chi connectivity index (χ2v) is 11.9. The molecule has 2 aromatic rings. The Kier molecular flexibility index (Phi) is 10.1. The number of rotatable bonds is 11. The molecular weight excluding hydrogens is 470 g/mol. The van der Waals surface area contributed by atoms with Crippen LogP contribution in [0, 0.1) is 11.8 Å². The molecule has 4 rings (SSSR count). The summed E-state index contributed by atoms with van der Waals surface area (Å²) in [7, 11) is 1.72. The molecular formula is C29H45N3O3S. The van der Waals surface area contributed by atoms with E-state index in [1.807, 2.05) is 4.90 Å². The van der Waals surface area contributed by atoms with Gasteiger partial charge in [0.2, 0.25) is 0 Å². The van der Waals surface area contributed by atoms with Gasteiger partial charge >= 0.3 is 6.03 Å². The van der Waals surface area contributed by atoms with Crippen molar-refractivity contribution in [3.05, 3.63) is 35.2 Å². The lowest BCUT2D eigenvalue weighted by Gasteiger charge is -2.43. The van der Waals surface area contributed by atoms with E-state index < -0.39 is 5.60 Å². The van der Waals surface area contributed by atoms with Crippen LogP contribution in [0.2, 0.25) is 0 Å². The highest BCUT2D eigenvalue weighted by atomic mass is 32.1. The van der Waals surface area contributed by atoms with Crippen LogP contribution in [0.5, 0.6) is 0 Å². The van der Waals surface area contributed by atoms with Gasteiger partial charge in [-0.05, 0) is 72.9 Å². The molecule has 4 N–H and O–H groups in total. The van der Waals surface area contributed by atoms with Gasteiger partial charge in [-0.3, -0.25) is 0 Å². The van der Waals surface area contributed by atoms with Gasteiger partial charge < -0.3 is 25.8 Å². The number of nitrogens with one attached hydrogen (secondary N) is 1. The van der Waals surface area contributed by atoms with E-state index in [4.69, 9.17) is 10.5 Å². The Morgan fingerprint density at radius 3 is 2.86 bits per heavy atom. The molecule has 36 heavy (non-hydrogen) atoms. The number of methoxy groups -OCH3 is 1. The Labute approximate surface area is 220 Å². The lowest BCUT2D eigenvalue weighted by molar-refractivity contribution is -0.0551. The standard InChI is InChI=1S/C29H45N3O3S/c1-35-17-6-5-15-29(34,26-12-7-13-27-25(26)14-18-36-27)23-11-8-16-32(21-23)28(33)31-20-24(30)19-22-9-3-2-4-10-22/h7,12-14,18,22-24,34H,2-6,8-11,15-17,19-21,30H2,1H3,(H,31,33)/t23-,24-,29+/m1/s1. The SMILES string of the molecule is COCCCC[C@@](O)(c1cccc2sccc12)[C@@H]1CCCN(C(=O)NC[C@H](N)CC2CCCCC2)C1. The highest BCUT2D eigenvalue weighted by Gasteiger charge is 2.42. The number of thiophene rings is 1. The topological polar surface area (TPSA) is 87.8 Å². The molecule has 1 aliphatic carbocycles. The molecule has 1 saturated carbocycles. The van der Waals surface area contributed by atoms with Crippen molar-refractivity contribution in [1.82, 2.24) is 10.2 Å². The Hall–Kier alpha value is -1.67. The van der Waals surface area contributed by atoms with Crippen LogP contribution in [0.3, 0.4) is 0 Å². The summed E-state index contributed by atoms with van der Waals surface area (Å²) in [6.45, 7) is 2.50. The quantitative estimate of drug-likeness (QED) is 0.339. The van der Waals surface area contributed by atoms with Gasteiger partial charge in [0.15, 0.2) is 0 Å². The minimum absolute atomic E-state index is 0.00606. The summed E-state index contributed by atoms with van der Waals surface area (Å²) in [5.41, 5.74) is 6.41. The minimum Gasteiger partial charge on any atom is -0.385 e. The number of carbonyl (C=O) groups is 1. The third-order valence-electron chi connectivity index (χ3n) is 8.38. The number of likely N-dealkylation sites (tertiary alicyclic amines) is 1. The zero-order valence-electron chi connectivity index (χ0n) is 21.9. The Balaban J connectivity index is 1.41. The largest absolute Gasteiger partial charge is 0.385 e. The van der Waals surface area contributed by atoms with E-state index in [0.29, 0.717) is 32.0 Å². The molecule has 0 radical (unpaired) electrons. The number of carbonyl (C=O) groups excluding carboxylic acids is 1. The van der Waals surface area contributed by atoms with Gasteiger partial charge in [-0.15, -0.1) is 11.3 Å². The van der Waals surface area contributed by atoms with Gasteiger partial charge in [0.1, 0.15) is 0 Å². The smallest absolute Gasteiger partial charge is 0.317 e.